The Kier molecular flexibility index (Phi) is 7.02. The van der Waals surface area contributed by atoms with Gasteiger partial charge < -0.3 is 5.32 Å². The van der Waals surface area contributed by atoms with E-state index in [-0.39, 0.29) is 5.91 Å². The van der Waals surface area contributed by atoms with Crippen LogP contribution in [0.2, 0.25) is 0 Å². The molecule has 0 saturated carbocycles. The molecule has 0 heterocycles. The molecule has 1 aromatic carbocycles. The van der Waals surface area contributed by atoms with E-state index in [2.05, 4.69) is 10.8 Å². The highest BCUT2D eigenvalue weighted by Crippen LogP contribution is 1.98. The van der Waals surface area contributed by atoms with Crippen LogP contribution in [0.15, 0.2) is 30.3 Å². The lowest BCUT2D eigenvalue weighted by molar-refractivity contribution is -0.118. The van der Waals surface area contributed by atoms with Crippen LogP contribution in [0.1, 0.15) is 25.3 Å². The van der Waals surface area contributed by atoms with E-state index in [4.69, 9.17) is 4.84 Å². The maximum Gasteiger partial charge on any atom is 0.216 e. The van der Waals surface area contributed by atoms with E-state index in [0.29, 0.717) is 6.61 Å². The maximum atomic E-state index is 10.6. The highest BCUT2D eigenvalue weighted by molar-refractivity contribution is 5.72. The van der Waals surface area contributed by atoms with Gasteiger partial charge in [-0.25, -0.2) is 5.48 Å². The van der Waals surface area contributed by atoms with Crippen LogP contribution in [0.4, 0.5) is 0 Å². The van der Waals surface area contributed by atoms with Crippen LogP contribution in [0.3, 0.4) is 0 Å². The van der Waals surface area contributed by atoms with Crippen molar-refractivity contribution in [2.75, 3.05) is 13.1 Å². The summed E-state index contributed by atoms with van der Waals surface area (Å²) in [6.07, 6.45) is 1.94. The summed E-state index contributed by atoms with van der Waals surface area (Å²) in [5, 5.41) is 2.75. The second-order valence-corrected chi connectivity index (χ2v) is 3.86. The lowest BCUT2D eigenvalue weighted by Gasteiger charge is -2.06. The van der Waals surface area contributed by atoms with Crippen LogP contribution in [-0.2, 0) is 16.2 Å². The van der Waals surface area contributed by atoms with Gasteiger partial charge >= 0.3 is 0 Å². The van der Waals surface area contributed by atoms with Crippen molar-refractivity contribution in [3.05, 3.63) is 35.9 Å². The molecule has 0 saturated heterocycles. The average molecular weight is 236 g/mol. The lowest BCUT2D eigenvalue weighted by Crippen LogP contribution is -2.22. The van der Waals surface area contributed by atoms with Gasteiger partial charge in [-0.3, -0.25) is 9.63 Å². The van der Waals surface area contributed by atoms with Crippen molar-refractivity contribution >= 4 is 5.91 Å². The normalized spacial score (nSPS) is 10.2. The minimum absolute atomic E-state index is 0.0262. The molecule has 0 radical (unpaired) electrons. The van der Waals surface area contributed by atoms with Crippen molar-refractivity contribution in [2.24, 2.45) is 0 Å². The van der Waals surface area contributed by atoms with E-state index in [9.17, 15) is 4.79 Å². The summed E-state index contributed by atoms with van der Waals surface area (Å²) in [4.78, 5) is 15.9. The number of unbranched alkanes of at least 4 members (excludes halogenated alkanes) is 1. The molecule has 0 spiro atoms. The number of nitrogens with one attached hydrogen (secondary N) is 2. The molecule has 1 amide bonds. The molecule has 0 fully saturated rings. The minimum Gasteiger partial charge on any atom is -0.356 e. The third-order valence-electron chi connectivity index (χ3n) is 2.26. The fourth-order valence-electron chi connectivity index (χ4n) is 1.37. The number of hydrogen-bond donors (Lipinski definition) is 2. The average Bonchev–Trinajstić information content (AvgIpc) is 2.33. The summed E-state index contributed by atoms with van der Waals surface area (Å²) < 4.78 is 0. The Bertz CT molecular complexity index is 314. The van der Waals surface area contributed by atoms with Crippen molar-refractivity contribution in [3.8, 4) is 0 Å². The Balaban J connectivity index is 1.90. The standard InChI is InChI=1S/C13H20N2O2/c1-12(16)14-9-5-6-10-15-17-11-13-7-3-2-4-8-13/h2-4,7-8,15H,5-6,9-11H2,1H3,(H,14,16). The van der Waals surface area contributed by atoms with Gasteiger partial charge in [0.15, 0.2) is 0 Å². The highest BCUT2D eigenvalue weighted by atomic mass is 16.6. The van der Waals surface area contributed by atoms with E-state index >= 15 is 0 Å². The van der Waals surface area contributed by atoms with Gasteiger partial charge in [0.1, 0.15) is 0 Å². The highest BCUT2D eigenvalue weighted by Gasteiger charge is 1.93. The first kappa shape index (κ1) is 13.7. The topological polar surface area (TPSA) is 50.4 Å². The zero-order valence-corrected chi connectivity index (χ0v) is 10.2. The molecular formula is C13H20N2O2. The Morgan fingerprint density at radius 3 is 2.59 bits per heavy atom. The van der Waals surface area contributed by atoms with Gasteiger partial charge in [-0.05, 0) is 18.4 Å². The fourth-order valence-corrected chi connectivity index (χ4v) is 1.37. The van der Waals surface area contributed by atoms with Crippen molar-refractivity contribution in [3.63, 3.8) is 0 Å². The zero-order valence-electron chi connectivity index (χ0n) is 10.2. The molecule has 0 unspecified atom stereocenters. The van der Waals surface area contributed by atoms with E-state index in [1.54, 1.807) is 0 Å². The molecule has 0 aliphatic rings. The van der Waals surface area contributed by atoms with Crippen LogP contribution >= 0.6 is 0 Å². The van der Waals surface area contributed by atoms with Crippen molar-refractivity contribution < 1.29 is 9.63 Å². The molecule has 17 heavy (non-hydrogen) atoms. The number of rotatable bonds is 8. The molecule has 1 aromatic rings. The first-order valence-corrected chi connectivity index (χ1v) is 5.92. The number of carbonyl (C=O) groups is 1. The van der Waals surface area contributed by atoms with Crippen LogP contribution in [0.25, 0.3) is 0 Å². The van der Waals surface area contributed by atoms with Crippen molar-refractivity contribution in [1.82, 2.24) is 10.8 Å². The molecule has 0 aliphatic carbocycles. The van der Waals surface area contributed by atoms with Crippen molar-refractivity contribution in [1.29, 1.82) is 0 Å². The van der Waals surface area contributed by atoms with Gasteiger partial charge in [0.25, 0.3) is 0 Å². The molecule has 0 aliphatic heterocycles. The largest absolute Gasteiger partial charge is 0.356 e. The van der Waals surface area contributed by atoms with Crippen LogP contribution < -0.4 is 10.8 Å². The Morgan fingerprint density at radius 1 is 1.18 bits per heavy atom. The molecule has 94 valence electrons. The predicted molar refractivity (Wildman–Crippen MR) is 67.2 cm³/mol. The Morgan fingerprint density at radius 2 is 1.88 bits per heavy atom. The number of hydrogen-bond acceptors (Lipinski definition) is 3. The van der Waals surface area contributed by atoms with E-state index < -0.39 is 0 Å². The summed E-state index contributed by atoms with van der Waals surface area (Å²) in [6.45, 7) is 3.63. The lowest BCUT2D eigenvalue weighted by atomic mass is 10.2. The molecule has 4 heteroatoms. The van der Waals surface area contributed by atoms with Gasteiger partial charge in [-0.2, -0.15) is 0 Å². The van der Waals surface area contributed by atoms with Crippen LogP contribution in [0.5, 0.6) is 0 Å². The van der Waals surface area contributed by atoms with Crippen LogP contribution in [-0.4, -0.2) is 19.0 Å². The second kappa shape index (κ2) is 8.73. The quantitative estimate of drug-likeness (QED) is 0.533. The minimum atomic E-state index is 0.0262. The molecule has 0 bridgehead atoms. The number of hydroxylamine groups is 1. The number of carbonyl (C=O) groups excluding carboxylic acids is 1. The Hall–Kier alpha value is -1.39. The van der Waals surface area contributed by atoms with Gasteiger partial charge in [-0.15, -0.1) is 0 Å². The number of amides is 1. The third-order valence-corrected chi connectivity index (χ3v) is 2.26. The zero-order chi connectivity index (χ0) is 12.3. The SMILES string of the molecule is CC(=O)NCCCCNOCc1ccccc1. The van der Waals surface area contributed by atoms with Gasteiger partial charge in [0.05, 0.1) is 6.61 Å². The monoisotopic (exact) mass is 236 g/mol. The molecule has 4 nitrogen and oxygen atoms in total. The summed E-state index contributed by atoms with van der Waals surface area (Å²) in [5.74, 6) is 0.0262. The molecule has 2 N–H and O–H groups in total. The van der Waals surface area contributed by atoms with Crippen molar-refractivity contribution in [2.45, 2.75) is 26.4 Å². The van der Waals surface area contributed by atoms with E-state index in [0.717, 1.165) is 31.5 Å². The maximum absolute atomic E-state index is 10.6. The van der Waals surface area contributed by atoms with Gasteiger partial charge in [0, 0.05) is 20.0 Å². The summed E-state index contributed by atoms with van der Waals surface area (Å²) in [5.41, 5.74) is 4.06. The first-order chi connectivity index (χ1) is 8.29. The number of benzene rings is 1. The fraction of sp³-hybridized carbons (Fsp3) is 0.462. The van der Waals surface area contributed by atoms with E-state index in [1.165, 1.54) is 6.92 Å². The first-order valence-electron chi connectivity index (χ1n) is 5.92. The summed E-state index contributed by atoms with van der Waals surface area (Å²) in [7, 11) is 0. The molecular weight excluding hydrogens is 216 g/mol. The molecule has 1 rings (SSSR count). The summed E-state index contributed by atoms with van der Waals surface area (Å²) >= 11 is 0. The predicted octanol–water partition coefficient (Wildman–Crippen LogP) is 1.62. The van der Waals surface area contributed by atoms with Crippen LogP contribution in [0, 0.1) is 0 Å². The molecule has 0 aromatic heterocycles. The second-order valence-electron chi connectivity index (χ2n) is 3.86. The van der Waals surface area contributed by atoms with E-state index in [1.807, 2.05) is 30.3 Å². The third kappa shape index (κ3) is 7.49. The summed E-state index contributed by atoms with van der Waals surface area (Å²) in [6, 6.07) is 10.0. The Labute approximate surface area is 102 Å². The molecule has 0 atom stereocenters. The van der Waals surface area contributed by atoms with Gasteiger partial charge in [0.2, 0.25) is 5.91 Å². The van der Waals surface area contributed by atoms with Gasteiger partial charge in [-0.1, -0.05) is 30.3 Å². The smallest absolute Gasteiger partial charge is 0.216 e.